The van der Waals surface area contributed by atoms with E-state index in [1.54, 1.807) is 24.3 Å². The highest BCUT2D eigenvalue weighted by molar-refractivity contribution is 7.99. The summed E-state index contributed by atoms with van der Waals surface area (Å²) in [5, 5.41) is 11.6. The second-order valence-corrected chi connectivity index (χ2v) is 7.04. The van der Waals surface area contributed by atoms with Crippen LogP contribution >= 0.6 is 23.4 Å². The molecule has 7 nitrogen and oxygen atoms in total. The highest BCUT2D eigenvalue weighted by atomic mass is 35.5. The Morgan fingerprint density at radius 1 is 1.15 bits per heavy atom. The molecule has 1 unspecified atom stereocenters. The first-order valence-corrected chi connectivity index (χ1v) is 9.25. The summed E-state index contributed by atoms with van der Waals surface area (Å²) >= 11 is 7.23. The topological polar surface area (TPSA) is 89.4 Å². The average molecular weight is 397 g/mol. The third kappa shape index (κ3) is 3.91. The van der Waals surface area contributed by atoms with Crippen molar-refractivity contribution in [1.29, 1.82) is 0 Å². The summed E-state index contributed by atoms with van der Waals surface area (Å²) in [6.45, 7) is 0. The Morgan fingerprint density at radius 3 is 2.74 bits per heavy atom. The number of thioether (sulfide) groups is 1. The van der Waals surface area contributed by atoms with Crippen LogP contribution < -0.4 is 0 Å². The largest absolute Gasteiger partial charge is 0.291 e. The summed E-state index contributed by atoms with van der Waals surface area (Å²) in [6.07, 6.45) is 2.89. The number of aromatic amines is 1. The summed E-state index contributed by atoms with van der Waals surface area (Å²) in [5.41, 5.74) is 1.39. The van der Waals surface area contributed by atoms with Gasteiger partial charge in [0.05, 0.1) is 0 Å². The number of aromatic nitrogens is 6. The minimum atomic E-state index is -0.669. The van der Waals surface area contributed by atoms with Gasteiger partial charge in [-0.05, 0) is 23.9 Å². The van der Waals surface area contributed by atoms with Gasteiger partial charge in [-0.2, -0.15) is 5.10 Å². The van der Waals surface area contributed by atoms with Gasteiger partial charge in [0.25, 0.3) is 0 Å². The fourth-order valence-electron chi connectivity index (χ4n) is 2.47. The van der Waals surface area contributed by atoms with E-state index >= 15 is 0 Å². The van der Waals surface area contributed by atoms with Gasteiger partial charge < -0.3 is 0 Å². The fraction of sp³-hybridized carbons (Fsp3) is 0.0556. The van der Waals surface area contributed by atoms with Crippen LogP contribution in [-0.2, 0) is 0 Å². The molecule has 0 aliphatic rings. The normalized spacial score (nSPS) is 12.0. The van der Waals surface area contributed by atoms with E-state index in [4.69, 9.17) is 11.6 Å². The molecule has 0 radical (unpaired) electrons. The summed E-state index contributed by atoms with van der Waals surface area (Å²) in [4.78, 5) is 21.4. The van der Waals surface area contributed by atoms with E-state index in [-0.39, 0.29) is 5.78 Å². The molecule has 2 aromatic heterocycles. The predicted molar refractivity (Wildman–Crippen MR) is 103 cm³/mol. The fourth-order valence-corrected chi connectivity index (χ4v) is 3.57. The minimum Gasteiger partial charge on any atom is -0.291 e. The molecule has 134 valence electrons. The van der Waals surface area contributed by atoms with Gasteiger partial charge in [-0.3, -0.25) is 9.89 Å². The van der Waals surface area contributed by atoms with E-state index < -0.39 is 5.37 Å². The van der Waals surface area contributed by atoms with Crippen molar-refractivity contribution >= 4 is 29.1 Å². The number of rotatable bonds is 6. The van der Waals surface area contributed by atoms with Crippen LogP contribution in [0.3, 0.4) is 0 Å². The van der Waals surface area contributed by atoms with Crippen molar-refractivity contribution < 1.29 is 4.79 Å². The smallest absolute Gasteiger partial charge is 0.211 e. The first-order chi connectivity index (χ1) is 13.2. The molecule has 1 atom stereocenters. The number of hydrogen-bond acceptors (Lipinski definition) is 6. The monoisotopic (exact) mass is 396 g/mol. The number of hydrogen-bond donors (Lipinski definition) is 1. The van der Waals surface area contributed by atoms with E-state index in [0.717, 1.165) is 5.56 Å². The van der Waals surface area contributed by atoms with Crippen LogP contribution in [0.1, 0.15) is 15.7 Å². The lowest BCUT2D eigenvalue weighted by molar-refractivity contribution is 0.0962. The van der Waals surface area contributed by atoms with Crippen LogP contribution in [0, 0.1) is 0 Å². The van der Waals surface area contributed by atoms with E-state index in [9.17, 15) is 4.79 Å². The van der Waals surface area contributed by atoms with Crippen molar-refractivity contribution in [2.75, 3.05) is 0 Å². The Morgan fingerprint density at radius 2 is 2.00 bits per heavy atom. The predicted octanol–water partition coefficient (Wildman–Crippen LogP) is 3.89. The highest BCUT2D eigenvalue weighted by Gasteiger charge is 2.26. The van der Waals surface area contributed by atoms with Crippen molar-refractivity contribution in [3.05, 3.63) is 77.8 Å². The van der Waals surface area contributed by atoms with Gasteiger partial charge in [-0.1, -0.05) is 54.1 Å². The standard InChI is InChI=1S/C18H13ClN6OS/c19-14-8-4-7-13(9-14)16-22-18(24-23-16)27-17(25-11-20-10-21-25)15(26)12-5-2-1-3-6-12/h1-11,17H,(H,22,23,24). The maximum Gasteiger partial charge on any atom is 0.211 e. The van der Waals surface area contributed by atoms with Gasteiger partial charge in [0, 0.05) is 16.1 Å². The number of carbonyl (C=O) groups is 1. The molecule has 27 heavy (non-hydrogen) atoms. The molecule has 0 spiro atoms. The van der Waals surface area contributed by atoms with Crippen LogP contribution in [0.2, 0.25) is 5.02 Å². The zero-order valence-corrected chi connectivity index (χ0v) is 15.4. The Hall–Kier alpha value is -2.97. The highest BCUT2D eigenvalue weighted by Crippen LogP contribution is 2.32. The zero-order chi connectivity index (χ0) is 18.6. The van der Waals surface area contributed by atoms with Gasteiger partial charge in [-0.15, -0.1) is 5.10 Å². The van der Waals surface area contributed by atoms with Gasteiger partial charge >= 0.3 is 0 Å². The molecule has 4 aromatic rings. The number of ketones is 1. The number of benzene rings is 2. The van der Waals surface area contributed by atoms with Crippen LogP contribution in [0.4, 0.5) is 0 Å². The Balaban J connectivity index is 1.62. The maximum atomic E-state index is 13.0. The molecule has 0 saturated carbocycles. The lowest BCUT2D eigenvalue weighted by atomic mass is 10.1. The van der Waals surface area contributed by atoms with Gasteiger partial charge in [0.1, 0.15) is 12.7 Å². The average Bonchev–Trinajstić information content (AvgIpc) is 3.38. The molecule has 9 heteroatoms. The van der Waals surface area contributed by atoms with Crippen molar-refractivity contribution in [1.82, 2.24) is 29.9 Å². The van der Waals surface area contributed by atoms with Gasteiger partial charge in [0.15, 0.2) is 17.0 Å². The van der Waals surface area contributed by atoms with Crippen molar-refractivity contribution in [3.63, 3.8) is 0 Å². The summed E-state index contributed by atoms with van der Waals surface area (Å²) in [7, 11) is 0. The van der Waals surface area contributed by atoms with E-state index in [0.29, 0.717) is 21.6 Å². The lowest BCUT2D eigenvalue weighted by Crippen LogP contribution is -2.17. The van der Waals surface area contributed by atoms with Gasteiger partial charge in [0.2, 0.25) is 5.16 Å². The number of Topliss-reactive ketones (excluding diaryl/α,β-unsaturated/α-hetero) is 1. The minimum absolute atomic E-state index is 0.111. The first kappa shape index (κ1) is 17.4. The number of carbonyl (C=O) groups excluding carboxylic acids is 1. The number of nitrogens with one attached hydrogen (secondary N) is 1. The Kier molecular flexibility index (Phi) is 4.99. The molecule has 4 rings (SSSR count). The van der Waals surface area contributed by atoms with E-state index in [1.165, 1.54) is 29.1 Å². The Labute approximate surface area is 163 Å². The molecule has 0 bridgehead atoms. The molecule has 0 amide bonds. The summed E-state index contributed by atoms with van der Waals surface area (Å²) in [5.74, 6) is 0.463. The van der Waals surface area contributed by atoms with Crippen molar-refractivity contribution in [3.8, 4) is 11.4 Å². The zero-order valence-electron chi connectivity index (χ0n) is 13.9. The number of nitrogens with zero attached hydrogens (tertiary/aromatic N) is 5. The van der Waals surface area contributed by atoms with Crippen LogP contribution in [0.15, 0.2) is 72.4 Å². The third-order valence-electron chi connectivity index (χ3n) is 3.74. The van der Waals surface area contributed by atoms with E-state index in [2.05, 4.69) is 25.3 Å². The first-order valence-electron chi connectivity index (χ1n) is 7.99. The van der Waals surface area contributed by atoms with Crippen LogP contribution in [0.25, 0.3) is 11.4 Å². The second-order valence-electron chi connectivity index (χ2n) is 5.55. The third-order valence-corrected chi connectivity index (χ3v) is 5.02. The van der Waals surface area contributed by atoms with Crippen molar-refractivity contribution in [2.45, 2.75) is 10.5 Å². The molecule has 0 fully saturated rings. The SMILES string of the molecule is O=C(c1ccccc1)C(Sc1n[nH]c(-c2cccc(Cl)c2)n1)n1cncn1. The molecule has 2 heterocycles. The Bertz CT molecular complexity index is 1050. The van der Waals surface area contributed by atoms with Crippen molar-refractivity contribution in [2.24, 2.45) is 0 Å². The van der Waals surface area contributed by atoms with Crippen LogP contribution in [-0.4, -0.2) is 35.7 Å². The van der Waals surface area contributed by atoms with Gasteiger partial charge in [-0.25, -0.2) is 14.6 Å². The quantitative estimate of drug-likeness (QED) is 0.393. The number of H-pyrrole nitrogens is 1. The molecule has 0 saturated heterocycles. The molecule has 2 aromatic carbocycles. The van der Waals surface area contributed by atoms with E-state index in [1.807, 2.05) is 30.3 Å². The number of halogens is 1. The second kappa shape index (κ2) is 7.73. The summed E-state index contributed by atoms with van der Waals surface area (Å²) < 4.78 is 1.50. The molecule has 0 aliphatic heterocycles. The molecule has 0 aliphatic carbocycles. The summed E-state index contributed by atoms with van der Waals surface area (Å²) in [6, 6.07) is 16.3. The molecular weight excluding hydrogens is 384 g/mol. The maximum absolute atomic E-state index is 13.0. The molecular formula is C18H13ClN6OS. The lowest BCUT2D eigenvalue weighted by Gasteiger charge is -2.13. The van der Waals surface area contributed by atoms with Crippen LogP contribution in [0.5, 0.6) is 0 Å². The molecule has 1 N–H and O–H groups in total.